The molecule has 0 spiro atoms. The summed E-state index contributed by atoms with van der Waals surface area (Å²) in [6.07, 6.45) is 6.04. The van der Waals surface area contributed by atoms with Crippen molar-refractivity contribution in [1.29, 1.82) is 0 Å². The SMILES string of the molecule is C#Cc1c([SiH3])cccc1C=O. The van der Waals surface area contributed by atoms with Gasteiger partial charge in [0.05, 0.1) is 0 Å². The van der Waals surface area contributed by atoms with Crippen LogP contribution < -0.4 is 5.19 Å². The van der Waals surface area contributed by atoms with E-state index in [2.05, 4.69) is 5.92 Å². The van der Waals surface area contributed by atoms with Crippen LogP contribution in [0.3, 0.4) is 0 Å². The Balaban J connectivity index is 3.38. The second kappa shape index (κ2) is 3.18. The summed E-state index contributed by atoms with van der Waals surface area (Å²) >= 11 is 0. The van der Waals surface area contributed by atoms with Crippen LogP contribution in [0.5, 0.6) is 0 Å². The minimum Gasteiger partial charge on any atom is -0.298 e. The first kappa shape index (κ1) is 7.77. The van der Waals surface area contributed by atoms with Crippen LogP contribution in [0.4, 0.5) is 0 Å². The van der Waals surface area contributed by atoms with Gasteiger partial charge in [0.2, 0.25) is 0 Å². The molecule has 0 fully saturated rings. The molecule has 54 valence electrons. The van der Waals surface area contributed by atoms with Crippen molar-refractivity contribution in [3.8, 4) is 12.3 Å². The highest BCUT2D eigenvalue weighted by molar-refractivity contribution is 6.34. The Kier molecular flexibility index (Phi) is 2.24. The van der Waals surface area contributed by atoms with Gasteiger partial charge in [-0.1, -0.05) is 29.3 Å². The van der Waals surface area contributed by atoms with Crippen LogP contribution in [0.2, 0.25) is 0 Å². The molecule has 0 N–H and O–H groups in total. The number of hydrogen-bond donors (Lipinski definition) is 0. The third-order valence-electron chi connectivity index (χ3n) is 1.58. The molecule has 1 nitrogen and oxygen atoms in total. The second-order valence-corrected chi connectivity index (χ2v) is 3.38. The Morgan fingerprint density at radius 2 is 2.27 bits per heavy atom. The van der Waals surface area contributed by atoms with Crippen LogP contribution in [-0.4, -0.2) is 16.5 Å². The predicted molar refractivity (Wildman–Crippen MR) is 49.3 cm³/mol. The van der Waals surface area contributed by atoms with Crippen LogP contribution in [0.15, 0.2) is 18.2 Å². The van der Waals surface area contributed by atoms with E-state index in [1.807, 2.05) is 12.1 Å². The first-order valence-electron chi connectivity index (χ1n) is 3.31. The van der Waals surface area contributed by atoms with E-state index in [0.29, 0.717) is 5.56 Å². The molecule has 0 amide bonds. The Bertz CT molecular complexity index is 323. The fourth-order valence-corrected chi connectivity index (χ4v) is 1.61. The van der Waals surface area contributed by atoms with E-state index < -0.39 is 0 Å². The van der Waals surface area contributed by atoms with E-state index in [-0.39, 0.29) is 0 Å². The van der Waals surface area contributed by atoms with Crippen molar-refractivity contribution in [2.75, 3.05) is 0 Å². The molecule has 11 heavy (non-hydrogen) atoms. The van der Waals surface area contributed by atoms with E-state index in [4.69, 9.17) is 6.42 Å². The zero-order valence-electron chi connectivity index (χ0n) is 6.29. The summed E-state index contributed by atoms with van der Waals surface area (Å²) in [5.41, 5.74) is 1.38. The molecule has 0 aliphatic heterocycles. The van der Waals surface area contributed by atoms with Crippen molar-refractivity contribution < 1.29 is 4.79 Å². The smallest absolute Gasteiger partial charge is 0.151 e. The first-order chi connectivity index (χ1) is 5.29. The Hall–Kier alpha value is -1.33. The summed E-state index contributed by atoms with van der Waals surface area (Å²) in [5, 5.41) is 1.11. The minimum absolute atomic E-state index is 0.625. The van der Waals surface area contributed by atoms with E-state index in [1.54, 1.807) is 6.07 Å². The van der Waals surface area contributed by atoms with Crippen molar-refractivity contribution in [3.05, 3.63) is 29.3 Å². The molecule has 1 aromatic rings. The van der Waals surface area contributed by atoms with Crippen LogP contribution in [0, 0.1) is 12.3 Å². The maximum atomic E-state index is 10.5. The number of hydrogen-bond acceptors (Lipinski definition) is 1. The number of benzene rings is 1. The van der Waals surface area contributed by atoms with E-state index in [0.717, 1.165) is 27.3 Å². The highest BCUT2D eigenvalue weighted by Crippen LogP contribution is 1.99. The van der Waals surface area contributed by atoms with Crippen molar-refractivity contribution in [2.24, 2.45) is 0 Å². The van der Waals surface area contributed by atoms with Gasteiger partial charge in [0.1, 0.15) is 0 Å². The van der Waals surface area contributed by atoms with Crippen molar-refractivity contribution in [2.45, 2.75) is 0 Å². The summed E-state index contributed by atoms with van der Waals surface area (Å²) in [6.45, 7) is 0. The molecule has 0 saturated heterocycles. The van der Waals surface area contributed by atoms with E-state index in [1.165, 1.54) is 0 Å². The van der Waals surface area contributed by atoms with Crippen LogP contribution >= 0.6 is 0 Å². The van der Waals surface area contributed by atoms with Gasteiger partial charge in [0, 0.05) is 21.4 Å². The third-order valence-corrected chi connectivity index (χ3v) is 2.41. The summed E-state index contributed by atoms with van der Waals surface area (Å²) < 4.78 is 0. The van der Waals surface area contributed by atoms with Crippen LogP contribution in [0.1, 0.15) is 15.9 Å². The molecule has 2 heteroatoms. The zero-order chi connectivity index (χ0) is 8.27. The summed E-state index contributed by atoms with van der Waals surface area (Å²) in [7, 11) is 0.887. The lowest BCUT2D eigenvalue weighted by Crippen LogP contribution is -2.09. The summed E-state index contributed by atoms with van der Waals surface area (Å²) in [4.78, 5) is 10.5. The Labute approximate surface area is 68.9 Å². The molecule has 0 atom stereocenters. The average Bonchev–Trinajstić information content (AvgIpc) is 2.04. The fourth-order valence-electron chi connectivity index (χ4n) is 0.986. The van der Waals surface area contributed by atoms with Crippen LogP contribution in [-0.2, 0) is 0 Å². The number of carbonyl (C=O) groups excluding carboxylic acids is 1. The zero-order valence-corrected chi connectivity index (χ0v) is 8.29. The van der Waals surface area contributed by atoms with Gasteiger partial charge in [-0.25, -0.2) is 0 Å². The first-order valence-corrected chi connectivity index (χ1v) is 4.31. The molecule has 1 aromatic carbocycles. The lowest BCUT2D eigenvalue weighted by Gasteiger charge is -1.99. The van der Waals surface area contributed by atoms with Gasteiger partial charge in [-0.3, -0.25) is 4.79 Å². The van der Waals surface area contributed by atoms with Crippen LogP contribution in [0.25, 0.3) is 0 Å². The molecule has 0 saturated carbocycles. The summed E-state index contributed by atoms with van der Waals surface area (Å²) in [5.74, 6) is 2.52. The molecule has 0 unspecified atom stereocenters. The Morgan fingerprint density at radius 1 is 1.55 bits per heavy atom. The number of aldehydes is 1. The maximum absolute atomic E-state index is 10.5. The van der Waals surface area contributed by atoms with Gasteiger partial charge in [-0.2, -0.15) is 0 Å². The van der Waals surface area contributed by atoms with Gasteiger partial charge < -0.3 is 0 Å². The number of carbonyl (C=O) groups is 1. The molecule has 0 aromatic heterocycles. The van der Waals surface area contributed by atoms with Crippen molar-refractivity contribution in [3.63, 3.8) is 0 Å². The van der Waals surface area contributed by atoms with Gasteiger partial charge in [0.25, 0.3) is 0 Å². The van der Waals surface area contributed by atoms with Crippen molar-refractivity contribution in [1.82, 2.24) is 0 Å². The third kappa shape index (κ3) is 1.39. The van der Waals surface area contributed by atoms with E-state index >= 15 is 0 Å². The molecule has 0 radical (unpaired) electrons. The molecule has 0 bridgehead atoms. The monoisotopic (exact) mass is 160 g/mol. The molecular formula is C9H8OSi. The normalized spacial score (nSPS) is 9.00. The molecule has 0 heterocycles. The Morgan fingerprint density at radius 3 is 2.73 bits per heavy atom. The highest BCUT2D eigenvalue weighted by atomic mass is 28.1. The van der Waals surface area contributed by atoms with E-state index in [9.17, 15) is 4.79 Å². The molecule has 1 rings (SSSR count). The fraction of sp³-hybridized carbons (Fsp3) is 0. The van der Waals surface area contributed by atoms with Gasteiger partial charge in [0.15, 0.2) is 6.29 Å². The lowest BCUT2D eigenvalue weighted by molar-refractivity contribution is 0.112. The predicted octanol–water partition coefficient (Wildman–Crippen LogP) is -0.529. The molecule has 0 aliphatic carbocycles. The maximum Gasteiger partial charge on any atom is 0.151 e. The molecular weight excluding hydrogens is 152 g/mol. The lowest BCUT2D eigenvalue weighted by atomic mass is 10.1. The van der Waals surface area contributed by atoms with Gasteiger partial charge >= 0.3 is 0 Å². The summed E-state index contributed by atoms with van der Waals surface area (Å²) in [6, 6.07) is 5.55. The highest BCUT2D eigenvalue weighted by Gasteiger charge is 1.99. The quantitative estimate of drug-likeness (QED) is 0.307. The van der Waals surface area contributed by atoms with Gasteiger partial charge in [-0.15, -0.1) is 6.42 Å². The second-order valence-electron chi connectivity index (χ2n) is 2.30. The number of terminal acetylenes is 1. The minimum atomic E-state index is 0.625. The average molecular weight is 160 g/mol. The van der Waals surface area contributed by atoms with Crippen molar-refractivity contribution >= 4 is 21.7 Å². The topological polar surface area (TPSA) is 17.1 Å². The van der Waals surface area contributed by atoms with Gasteiger partial charge in [-0.05, 0) is 0 Å². The largest absolute Gasteiger partial charge is 0.298 e. The standard InChI is InChI=1S/C9H8OSi/c1-2-8-7(6-10)4-3-5-9(8)11/h1,3-6H,11H3. The number of rotatable bonds is 1. The molecule has 0 aliphatic rings.